The van der Waals surface area contributed by atoms with Crippen molar-refractivity contribution in [2.24, 2.45) is 5.73 Å². The smallest absolute Gasteiger partial charge is 0.00271 e. The Labute approximate surface area is 81.3 Å². The molecule has 72 valence electrons. The topological polar surface area (TPSA) is 26.0 Å². The van der Waals surface area contributed by atoms with Crippen molar-refractivity contribution in [3.63, 3.8) is 0 Å². The summed E-state index contributed by atoms with van der Waals surface area (Å²) in [5.41, 5.74) is 9.10. The Balaban J connectivity index is 4.66. The molecule has 0 radical (unpaired) electrons. The van der Waals surface area contributed by atoms with Crippen molar-refractivity contribution in [3.05, 3.63) is 47.7 Å². The molecule has 0 atom stereocenters. The lowest BCUT2D eigenvalue weighted by Crippen LogP contribution is -1.90. The number of allylic oxidation sites excluding steroid dienone is 6. The van der Waals surface area contributed by atoms with E-state index in [9.17, 15) is 0 Å². The molecule has 0 aromatic rings. The summed E-state index contributed by atoms with van der Waals surface area (Å²) in [7, 11) is 0. The third kappa shape index (κ3) is 4.36. The van der Waals surface area contributed by atoms with Crippen LogP contribution in [-0.4, -0.2) is 0 Å². The van der Waals surface area contributed by atoms with E-state index in [1.165, 1.54) is 16.7 Å². The highest BCUT2D eigenvalue weighted by molar-refractivity contribution is 5.35. The predicted molar refractivity (Wildman–Crippen MR) is 60.3 cm³/mol. The molecule has 0 saturated heterocycles. The van der Waals surface area contributed by atoms with Crippen LogP contribution in [0.15, 0.2) is 47.7 Å². The van der Waals surface area contributed by atoms with Gasteiger partial charge in [-0.1, -0.05) is 37.3 Å². The molecule has 0 aliphatic rings. The van der Waals surface area contributed by atoms with E-state index in [-0.39, 0.29) is 0 Å². The zero-order chi connectivity index (χ0) is 10.3. The van der Waals surface area contributed by atoms with Crippen molar-refractivity contribution in [1.29, 1.82) is 0 Å². The van der Waals surface area contributed by atoms with Gasteiger partial charge in [0.15, 0.2) is 0 Å². The van der Waals surface area contributed by atoms with Gasteiger partial charge in [0, 0.05) is 0 Å². The van der Waals surface area contributed by atoms with Crippen LogP contribution in [-0.2, 0) is 0 Å². The molecule has 0 aliphatic heterocycles. The highest BCUT2D eigenvalue weighted by atomic mass is 14.5. The van der Waals surface area contributed by atoms with Crippen molar-refractivity contribution in [3.8, 4) is 0 Å². The van der Waals surface area contributed by atoms with Gasteiger partial charge in [0.2, 0.25) is 0 Å². The Morgan fingerprint density at radius 2 is 2.00 bits per heavy atom. The maximum atomic E-state index is 5.49. The van der Waals surface area contributed by atoms with Gasteiger partial charge in [-0.2, -0.15) is 0 Å². The Morgan fingerprint density at radius 3 is 2.38 bits per heavy atom. The van der Waals surface area contributed by atoms with Gasteiger partial charge in [-0.15, -0.1) is 0 Å². The summed E-state index contributed by atoms with van der Waals surface area (Å²) in [6, 6.07) is 0. The maximum absolute atomic E-state index is 5.49. The van der Waals surface area contributed by atoms with Crippen LogP contribution >= 0.6 is 0 Å². The fourth-order valence-electron chi connectivity index (χ4n) is 1.20. The summed E-state index contributed by atoms with van der Waals surface area (Å²) in [5.74, 6) is 0. The molecule has 13 heavy (non-hydrogen) atoms. The first-order chi connectivity index (χ1) is 6.15. The molecule has 0 fully saturated rings. The Hall–Kier alpha value is -1.24. The molecule has 0 bridgehead atoms. The van der Waals surface area contributed by atoms with Crippen LogP contribution in [0.4, 0.5) is 0 Å². The molecular formula is C12H19N. The highest BCUT2D eigenvalue weighted by Crippen LogP contribution is 2.14. The van der Waals surface area contributed by atoms with Gasteiger partial charge >= 0.3 is 0 Å². The molecular weight excluding hydrogens is 158 g/mol. The van der Waals surface area contributed by atoms with E-state index < -0.39 is 0 Å². The molecule has 0 spiro atoms. The molecule has 2 N–H and O–H groups in total. The zero-order valence-electron chi connectivity index (χ0n) is 8.80. The molecule has 0 heterocycles. The van der Waals surface area contributed by atoms with E-state index in [0.717, 1.165) is 6.42 Å². The first kappa shape index (κ1) is 11.8. The summed E-state index contributed by atoms with van der Waals surface area (Å²) in [5, 5.41) is 0. The van der Waals surface area contributed by atoms with E-state index in [2.05, 4.69) is 33.4 Å². The third-order valence-electron chi connectivity index (χ3n) is 1.91. The molecule has 0 aromatic carbocycles. The van der Waals surface area contributed by atoms with E-state index in [4.69, 9.17) is 5.73 Å². The van der Waals surface area contributed by atoms with Crippen LogP contribution in [0.3, 0.4) is 0 Å². The molecule has 0 amide bonds. The minimum Gasteiger partial charge on any atom is -0.404 e. The van der Waals surface area contributed by atoms with Crippen LogP contribution in [0.25, 0.3) is 0 Å². The number of hydrogen-bond donors (Lipinski definition) is 1. The number of rotatable bonds is 4. The molecule has 0 saturated carbocycles. The Kier molecular flexibility index (Phi) is 5.69. The maximum Gasteiger partial charge on any atom is -0.00271 e. The summed E-state index contributed by atoms with van der Waals surface area (Å²) in [6.07, 6.45) is 8.53. The molecule has 0 unspecified atom stereocenters. The second-order valence-corrected chi connectivity index (χ2v) is 3.02. The summed E-state index contributed by atoms with van der Waals surface area (Å²) in [4.78, 5) is 0. The van der Waals surface area contributed by atoms with Gasteiger partial charge < -0.3 is 5.73 Å². The minimum atomic E-state index is 0.972. The first-order valence-electron chi connectivity index (χ1n) is 4.54. The monoisotopic (exact) mass is 177 g/mol. The van der Waals surface area contributed by atoms with Gasteiger partial charge in [-0.3, -0.25) is 0 Å². The van der Waals surface area contributed by atoms with Gasteiger partial charge in [-0.05, 0) is 37.6 Å². The largest absolute Gasteiger partial charge is 0.404 e. The molecule has 1 heteroatoms. The SMILES string of the molecule is C=C\C=C(C)/C=C(C)/C(=C\N)CC. The fraction of sp³-hybridized carbons (Fsp3) is 0.333. The molecule has 0 aliphatic carbocycles. The van der Waals surface area contributed by atoms with Crippen molar-refractivity contribution in [1.82, 2.24) is 0 Å². The average molecular weight is 177 g/mol. The lowest BCUT2D eigenvalue weighted by atomic mass is 10.0. The van der Waals surface area contributed by atoms with Gasteiger partial charge in [0.05, 0.1) is 0 Å². The second-order valence-electron chi connectivity index (χ2n) is 3.02. The summed E-state index contributed by atoms with van der Waals surface area (Å²) < 4.78 is 0. The van der Waals surface area contributed by atoms with Gasteiger partial charge in [0.1, 0.15) is 0 Å². The molecule has 1 nitrogen and oxygen atoms in total. The third-order valence-corrected chi connectivity index (χ3v) is 1.91. The van der Waals surface area contributed by atoms with E-state index in [0.29, 0.717) is 0 Å². The number of hydrogen-bond acceptors (Lipinski definition) is 1. The second kappa shape index (κ2) is 6.30. The summed E-state index contributed by atoms with van der Waals surface area (Å²) >= 11 is 0. The van der Waals surface area contributed by atoms with Crippen LogP contribution in [0, 0.1) is 0 Å². The van der Waals surface area contributed by atoms with Gasteiger partial charge in [0.25, 0.3) is 0 Å². The lowest BCUT2D eigenvalue weighted by molar-refractivity contribution is 1.09. The van der Waals surface area contributed by atoms with Gasteiger partial charge in [-0.25, -0.2) is 0 Å². The van der Waals surface area contributed by atoms with Crippen LogP contribution in [0.5, 0.6) is 0 Å². The van der Waals surface area contributed by atoms with E-state index >= 15 is 0 Å². The summed E-state index contributed by atoms with van der Waals surface area (Å²) in [6.45, 7) is 9.87. The molecule has 0 aromatic heterocycles. The predicted octanol–water partition coefficient (Wildman–Crippen LogP) is 3.32. The normalized spacial score (nSPS) is 14.5. The zero-order valence-corrected chi connectivity index (χ0v) is 8.80. The quantitative estimate of drug-likeness (QED) is 0.655. The van der Waals surface area contributed by atoms with E-state index in [1.807, 2.05) is 6.08 Å². The van der Waals surface area contributed by atoms with Crippen LogP contribution < -0.4 is 5.73 Å². The highest BCUT2D eigenvalue weighted by Gasteiger charge is 1.95. The first-order valence-corrected chi connectivity index (χ1v) is 4.54. The fourth-order valence-corrected chi connectivity index (χ4v) is 1.20. The van der Waals surface area contributed by atoms with Crippen molar-refractivity contribution in [2.75, 3.05) is 0 Å². The Morgan fingerprint density at radius 1 is 1.38 bits per heavy atom. The molecule has 0 rings (SSSR count). The number of nitrogens with two attached hydrogens (primary N) is 1. The van der Waals surface area contributed by atoms with Crippen LogP contribution in [0.1, 0.15) is 27.2 Å². The average Bonchev–Trinajstić information content (AvgIpc) is 2.06. The van der Waals surface area contributed by atoms with E-state index in [1.54, 1.807) is 12.3 Å². The van der Waals surface area contributed by atoms with Crippen molar-refractivity contribution in [2.45, 2.75) is 27.2 Å². The van der Waals surface area contributed by atoms with Crippen LogP contribution in [0.2, 0.25) is 0 Å². The Bertz CT molecular complexity index is 254. The van der Waals surface area contributed by atoms with Crippen molar-refractivity contribution >= 4 is 0 Å². The lowest BCUT2D eigenvalue weighted by Gasteiger charge is -2.03. The standard InChI is InChI=1S/C12H19N/c1-5-7-10(3)8-11(4)12(6-2)9-13/h5,7-9H,1,6,13H2,2-4H3/b10-7-,11-8+,12-9-. The minimum absolute atomic E-state index is 0.972. The van der Waals surface area contributed by atoms with Crippen molar-refractivity contribution < 1.29 is 0 Å².